The van der Waals surface area contributed by atoms with Crippen LogP contribution in [0.1, 0.15) is 29.5 Å². The predicted octanol–water partition coefficient (Wildman–Crippen LogP) is 5.59. The maximum atomic E-state index is 13.6. The zero-order valence-corrected chi connectivity index (χ0v) is 13.3. The van der Waals surface area contributed by atoms with E-state index >= 15 is 0 Å². The van der Waals surface area contributed by atoms with Crippen molar-refractivity contribution in [3.8, 4) is 11.8 Å². The highest BCUT2D eigenvalue weighted by Crippen LogP contribution is 2.43. The summed E-state index contributed by atoms with van der Waals surface area (Å²) >= 11 is 0. The maximum absolute atomic E-state index is 13.6. The molecule has 1 aliphatic rings. The Balaban J connectivity index is 2.02. The summed E-state index contributed by atoms with van der Waals surface area (Å²) in [6.45, 7) is 0.592. The van der Waals surface area contributed by atoms with Crippen LogP contribution in [0.25, 0.3) is 0 Å². The highest BCUT2D eigenvalue weighted by Gasteiger charge is 2.37. The second-order valence-corrected chi connectivity index (χ2v) is 5.93. The summed E-state index contributed by atoms with van der Waals surface area (Å²) in [6.07, 6.45) is -2.49. The Kier molecular flexibility index (Phi) is 4.75. The molecule has 2 N–H and O–H groups in total. The van der Waals surface area contributed by atoms with E-state index in [1.54, 1.807) is 24.3 Å². The molecule has 1 aliphatic carbocycles. The van der Waals surface area contributed by atoms with Crippen LogP contribution in [0, 0.1) is 23.3 Å². The van der Waals surface area contributed by atoms with E-state index < -0.39 is 17.4 Å². The average Bonchev–Trinajstić information content (AvgIpc) is 3.42. The van der Waals surface area contributed by atoms with Crippen LogP contribution in [-0.2, 0) is 6.18 Å². The van der Waals surface area contributed by atoms with Crippen LogP contribution in [-0.4, -0.2) is 6.54 Å². The quantitative estimate of drug-likeness (QED) is 0.552. The van der Waals surface area contributed by atoms with Gasteiger partial charge in [-0.2, -0.15) is 18.3 Å². The fraction of sp³-hybridized carbons (Fsp3) is 0.263. The molecule has 0 heterocycles. The molecular weight excluding hydrogens is 327 g/mol. The van der Waals surface area contributed by atoms with Crippen molar-refractivity contribution in [3.05, 3.63) is 59.2 Å². The normalized spacial score (nSPS) is 13.7. The Labute approximate surface area is 143 Å². The van der Waals surface area contributed by atoms with Gasteiger partial charge in [0, 0.05) is 17.7 Å². The lowest BCUT2D eigenvalue weighted by Crippen LogP contribution is -2.11. The molecule has 1 fully saturated rings. The number of nitrogens with zero attached hydrogens (tertiary/aromatic N) is 1. The molecule has 1 saturated carbocycles. The summed E-state index contributed by atoms with van der Waals surface area (Å²) in [4.78, 5) is 0. The van der Waals surface area contributed by atoms with Gasteiger partial charge in [0.05, 0.1) is 5.69 Å². The third-order valence-electron chi connectivity index (χ3n) is 3.97. The number of rotatable bonds is 4. The molecule has 0 unspecified atom stereocenters. The number of benzene rings is 2. The molecule has 25 heavy (non-hydrogen) atoms. The van der Waals surface area contributed by atoms with Gasteiger partial charge >= 0.3 is 6.18 Å². The van der Waals surface area contributed by atoms with Crippen molar-refractivity contribution >= 4 is 11.4 Å². The molecule has 128 valence electrons. The first kappa shape index (κ1) is 17.0. The van der Waals surface area contributed by atoms with Crippen molar-refractivity contribution in [3.63, 3.8) is 0 Å². The highest BCUT2D eigenvalue weighted by atomic mass is 19.4. The zero-order chi connectivity index (χ0) is 17.9. The van der Waals surface area contributed by atoms with E-state index in [1.807, 2.05) is 6.07 Å². The smallest absolute Gasteiger partial charge is 0.383 e. The minimum Gasteiger partial charge on any atom is -0.383 e. The van der Waals surface area contributed by atoms with Crippen LogP contribution in [0.15, 0.2) is 47.6 Å². The van der Waals surface area contributed by atoms with Gasteiger partial charge in [-0.25, -0.2) is 5.53 Å². The maximum Gasteiger partial charge on any atom is 0.419 e. The van der Waals surface area contributed by atoms with E-state index in [9.17, 15) is 13.2 Å². The Morgan fingerprint density at radius 1 is 1.08 bits per heavy atom. The van der Waals surface area contributed by atoms with Crippen molar-refractivity contribution in [2.24, 2.45) is 11.0 Å². The van der Waals surface area contributed by atoms with Crippen molar-refractivity contribution in [2.75, 3.05) is 11.9 Å². The molecular formula is C19H16F3N3. The van der Waals surface area contributed by atoms with Crippen LogP contribution in [0.5, 0.6) is 0 Å². The summed E-state index contributed by atoms with van der Waals surface area (Å²) in [6, 6.07) is 11.6. The van der Waals surface area contributed by atoms with Gasteiger partial charge in [0.1, 0.15) is 11.3 Å². The monoisotopic (exact) mass is 343 g/mol. The lowest BCUT2D eigenvalue weighted by atomic mass is 10.0. The first-order chi connectivity index (χ1) is 12.0. The molecule has 2 aromatic carbocycles. The van der Waals surface area contributed by atoms with Crippen molar-refractivity contribution in [2.45, 2.75) is 19.0 Å². The predicted molar refractivity (Wildman–Crippen MR) is 89.9 cm³/mol. The SMILES string of the molecule is N=Nc1c(NCC2CC2)ccc(C#Cc2ccccc2)c1C(F)(F)F. The number of nitrogens with one attached hydrogen (secondary N) is 2. The summed E-state index contributed by atoms with van der Waals surface area (Å²) in [5, 5.41) is 6.13. The summed E-state index contributed by atoms with van der Waals surface area (Å²) in [5.74, 6) is 5.80. The molecule has 0 amide bonds. The van der Waals surface area contributed by atoms with Gasteiger partial charge in [0.2, 0.25) is 0 Å². The number of hydrogen-bond donors (Lipinski definition) is 2. The van der Waals surface area contributed by atoms with Gasteiger partial charge in [0.25, 0.3) is 0 Å². The first-order valence-corrected chi connectivity index (χ1v) is 7.91. The average molecular weight is 343 g/mol. The van der Waals surface area contributed by atoms with Crippen molar-refractivity contribution in [1.29, 1.82) is 5.53 Å². The van der Waals surface area contributed by atoms with E-state index in [2.05, 4.69) is 22.3 Å². The van der Waals surface area contributed by atoms with E-state index in [4.69, 9.17) is 5.53 Å². The fourth-order valence-electron chi connectivity index (χ4n) is 2.48. The first-order valence-electron chi connectivity index (χ1n) is 7.91. The van der Waals surface area contributed by atoms with Gasteiger partial charge in [0.15, 0.2) is 0 Å². The Morgan fingerprint density at radius 2 is 1.80 bits per heavy atom. The number of hydrogen-bond acceptors (Lipinski definition) is 3. The van der Waals surface area contributed by atoms with Crippen molar-refractivity contribution < 1.29 is 13.2 Å². The Bertz CT molecular complexity index is 829. The Hall–Kier alpha value is -2.81. The Morgan fingerprint density at radius 3 is 2.40 bits per heavy atom. The zero-order valence-electron chi connectivity index (χ0n) is 13.3. The number of anilines is 1. The van der Waals surface area contributed by atoms with Gasteiger partial charge in [-0.1, -0.05) is 30.0 Å². The van der Waals surface area contributed by atoms with Crippen LogP contribution in [0.4, 0.5) is 24.5 Å². The molecule has 0 aromatic heterocycles. The van der Waals surface area contributed by atoms with Gasteiger partial charge < -0.3 is 5.32 Å². The third-order valence-corrected chi connectivity index (χ3v) is 3.97. The molecule has 0 aliphatic heterocycles. The molecule has 3 rings (SSSR count). The van der Waals surface area contributed by atoms with Gasteiger partial charge in [-0.3, -0.25) is 0 Å². The minimum absolute atomic E-state index is 0.181. The lowest BCUT2D eigenvalue weighted by molar-refractivity contribution is -0.137. The summed E-state index contributed by atoms with van der Waals surface area (Å²) in [5.41, 5.74) is 6.52. The molecule has 0 saturated heterocycles. The van der Waals surface area contributed by atoms with Crippen LogP contribution in [0.3, 0.4) is 0 Å². The summed E-state index contributed by atoms with van der Waals surface area (Å²) < 4.78 is 40.7. The number of halogens is 3. The third kappa shape index (κ3) is 4.18. The molecule has 0 bridgehead atoms. The van der Waals surface area contributed by atoms with Crippen molar-refractivity contribution in [1.82, 2.24) is 0 Å². The van der Waals surface area contributed by atoms with Gasteiger partial charge in [-0.05, 0) is 43.0 Å². The second kappa shape index (κ2) is 6.98. The van der Waals surface area contributed by atoms with Crippen LogP contribution in [0.2, 0.25) is 0 Å². The molecule has 0 atom stereocenters. The molecule has 3 nitrogen and oxygen atoms in total. The van der Waals surface area contributed by atoms with Crippen LogP contribution < -0.4 is 5.32 Å². The van der Waals surface area contributed by atoms with Crippen LogP contribution >= 0.6 is 0 Å². The topological polar surface area (TPSA) is 48.2 Å². The van der Waals surface area contributed by atoms with E-state index in [1.165, 1.54) is 12.1 Å². The van der Waals surface area contributed by atoms with E-state index in [0.717, 1.165) is 12.8 Å². The fourth-order valence-corrected chi connectivity index (χ4v) is 2.48. The number of alkyl halides is 3. The van der Waals surface area contributed by atoms with E-state index in [-0.39, 0.29) is 11.3 Å². The van der Waals surface area contributed by atoms with Gasteiger partial charge in [-0.15, -0.1) is 0 Å². The highest BCUT2D eigenvalue weighted by molar-refractivity contribution is 5.73. The molecule has 0 radical (unpaired) electrons. The molecule has 2 aromatic rings. The standard InChI is InChI=1S/C19H16F3N3/c20-19(21,22)17-15(9-8-13-4-2-1-3-5-13)10-11-16(18(17)25-23)24-12-14-6-7-14/h1-5,10-11,14,23-24H,6-7,12H2. The molecule has 6 heteroatoms. The molecule has 0 spiro atoms. The second-order valence-electron chi connectivity index (χ2n) is 5.93. The minimum atomic E-state index is -4.64. The largest absolute Gasteiger partial charge is 0.419 e. The lowest BCUT2D eigenvalue weighted by Gasteiger charge is -2.16. The summed E-state index contributed by atoms with van der Waals surface area (Å²) in [7, 11) is 0. The van der Waals surface area contributed by atoms with E-state index in [0.29, 0.717) is 18.0 Å².